The van der Waals surface area contributed by atoms with Gasteiger partial charge in [-0.25, -0.2) is 17.6 Å². The first-order valence-electron chi connectivity index (χ1n) is 17.8. The number of hydrogen-bond acceptors (Lipinski definition) is 10. The zero-order valence-corrected chi connectivity index (χ0v) is 31.6. The maximum Gasteiger partial charge on any atom is 0.410 e. The molecule has 5 atom stereocenters. The van der Waals surface area contributed by atoms with Gasteiger partial charge in [0.25, 0.3) is 0 Å². The number of aryl methyl sites for hydroxylation is 1. The number of sulfonamides is 1. The summed E-state index contributed by atoms with van der Waals surface area (Å²) in [5.74, 6) is -1.47. The molecule has 52 heavy (non-hydrogen) atoms. The maximum atomic E-state index is 14.9. The van der Waals surface area contributed by atoms with Gasteiger partial charge in [-0.15, -0.1) is 0 Å². The molecule has 0 spiro atoms. The van der Waals surface area contributed by atoms with E-state index in [4.69, 9.17) is 4.74 Å². The largest absolute Gasteiger partial charge is 0.442 e. The molecule has 4 rings (SSSR count). The Bertz CT molecular complexity index is 1680. The number of piperazine rings is 2. The first kappa shape index (κ1) is 40.8. The van der Waals surface area contributed by atoms with E-state index in [1.807, 2.05) is 44.9 Å². The van der Waals surface area contributed by atoms with Crippen molar-refractivity contribution in [2.45, 2.75) is 57.1 Å². The molecule has 1 amide bonds. The number of benzene rings is 1. The molecule has 0 unspecified atom stereocenters. The molecule has 0 aliphatic carbocycles. The van der Waals surface area contributed by atoms with E-state index in [0.717, 1.165) is 19.4 Å². The third-order valence-electron chi connectivity index (χ3n) is 9.95. The van der Waals surface area contributed by atoms with Crippen LogP contribution in [0, 0.1) is 23.6 Å². The van der Waals surface area contributed by atoms with Crippen molar-refractivity contribution >= 4 is 40.5 Å². The second kappa shape index (κ2) is 18.7. The van der Waals surface area contributed by atoms with Crippen LogP contribution >= 0.6 is 0 Å². The molecule has 0 radical (unpaired) electrons. The van der Waals surface area contributed by atoms with Gasteiger partial charge in [-0.2, -0.15) is 9.40 Å². The number of aldehydes is 2. The fourth-order valence-corrected chi connectivity index (χ4v) is 7.92. The number of anilines is 1. The lowest BCUT2D eigenvalue weighted by molar-refractivity contribution is -0.111. The van der Waals surface area contributed by atoms with Gasteiger partial charge in [0.05, 0.1) is 12.3 Å². The Balaban J connectivity index is 1.45. The number of amides is 1. The van der Waals surface area contributed by atoms with Crippen LogP contribution < -0.4 is 4.90 Å². The zero-order chi connectivity index (χ0) is 38.0. The minimum absolute atomic E-state index is 0.0403. The monoisotopic (exact) mass is 744 g/mol. The molecule has 3 heterocycles. The number of carbonyl (C=O) groups excluding carboxylic acids is 3. The van der Waals surface area contributed by atoms with E-state index in [-0.39, 0.29) is 36.2 Å². The summed E-state index contributed by atoms with van der Waals surface area (Å²) >= 11 is 0. The highest BCUT2D eigenvalue weighted by atomic mass is 32.2. The summed E-state index contributed by atoms with van der Waals surface area (Å²) in [5, 5.41) is 14.1. The van der Waals surface area contributed by atoms with E-state index in [1.165, 1.54) is 33.5 Å². The molecule has 13 nitrogen and oxygen atoms in total. The number of likely N-dealkylation sites (N-methyl/N-ethyl adjacent to an activating group) is 1. The Hall–Kier alpha value is -3.92. The average molecular weight is 745 g/mol. The molecule has 2 aliphatic rings. The minimum Gasteiger partial charge on any atom is -0.442 e. The highest BCUT2D eigenvalue weighted by Gasteiger charge is 2.30. The van der Waals surface area contributed by atoms with Crippen molar-refractivity contribution in [3.8, 4) is 0 Å². The van der Waals surface area contributed by atoms with E-state index < -0.39 is 40.1 Å². The summed E-state index contributed by atoms with van der Waals surface area (Å²) in [7, 11) is -0.0289. The standard InChI is InChI=1S/C37H53FN6O7S/c1-27(7-9-36(28(2)6-8-33(47)10-19-45)51-37(48)43-13-11-40(4)12-14-43)35(26-46)29(3)20-30-21-31(38)23-32(22-30)42-15-17-44(18-16-42)52(49,50)34-24-39-41(5)25-34/h7,9,19-28,33,35-36,47H,6,8,10-18H2,1-5H3/b9-7+,29-20+/t27-,28-,33+,35-,36-/m0/s1. The lowest BCUT2D eigenvalue weighted by Crippen LogP contribution is -2.48. The summed E-state index contributed by atoms with van der Waals surface area (Å²) in [6, 6.07) is 4.64. The van der Waals surface area contributed by atoms with Crippen molar-refractivity contribution in [2.24, 2.45) is 24.8 Å². The highest BCUT2D eigenvalue weighted by Crippen LogP contribution is 2.28. The summed E-state index contributed by atoms with van der Waals surface area (Å²) < 4.78 is 49.8. The van der Waals surface area contributed by atoms with Crippen LogP contribution in [0.2, 0.25) is 0 Å². The predicted octanol–water partition coefficient (Wildman–Crippen LogP) is 3.60. The fraction of sp³-hybridized carbons (Fsp3) is 0.568. The van der Waals surface area contributed by atoms with E-state index in [2.05, 4.69) is 10.00 Å². The van der Waals surface area contributed by atoms with Crippen molar-refractivity contribution in [1.82, 2.24) is 23.9 Å². The van der Waals surface area contributed by atoms with E-state index in [0.29, 0.717) is 62.1 Å². The van der Waals surface area contributed by atoms with Gasteiger partial charge in [0, 0.05) is 83.6 Å². The summed E-state index contributed by atoms with van der Waals surface area (Å²) in [4.78, 5) is 42.3. The van der Waals surface area contributed by atoms with Crippen molar-refractivity contribution in [3.05, 3.63) is 59.7 Å². The Morgan fingerprint density at radius 1 is 1.00 bits per heavy atom. The van der Waals surface area contributed by atoms with Gasteiger partial charge in [-0.1, -0.05) is 31.6 Å². The van der Waals surface area contributed by atoms with Gasteiger partial charge >= 0.3 is 6.09 Å². The zero-order valence-electron chi connectivity index (χ0n) is 30.8. The second-order valence-corrected chi connectivity index (χ2v) is 16.0. The average Bonchev–Trinajstić information content (AvgIpc) is 3.56. The first-order chi connectivity index (χ1) is 24.7. The minimum atomic E-state index is -3.69. The quantitative estimate of drug-likeness (QED) is 0.200. The van der Waals surface area contributed by atoms with E-state index in [1.54, 1.807) is 24.1 Å². The molecule has 2 aromatic rings. The normalized spacial score (nSPS) is 19.6. The highest BCUT2D eigenvalue weighted by molar-refractivity contribution is 7.89. The molecule has 0 saturated carbocycles. The van der Waals surface area contributed by atoms with Gasteiger partial charge in [-0.05, 0) is 68.5 Å². The third-order valence-corrected chi connectivity index (χ3v) is 11.8. The number of ether oxygens (including phenoxy) is 1. The number of nitrogens with zero attached hydrogens (tertiary/aromatic N) is 6. The van der Waals surface area contributed by atoms with Gasteiger partial charge in [0.2, 0.25) is 10.0 Å². The lowest BCUT2D eigenvalue weighted by atomic mass is 9.86. The molecule has 2 aliphatic heterocycles. The third kappa shape index (κ3) is 11.0. The number of rotatable bonds is 16. The summed E-state index contributed by atoms with van der Waals surface area (Å²) in [6.07, 6.45) is 8.88. The molecule has 2 fully saturated rings. The van der Waals surface area contributed by atoms with Gasteiger partial charge in [0.15, 0.2) is 0 Å². The molecule has 15 heteroatoms. The molecule has 286 valence electrons. The molecule has 1 aromatic carbocycles. The molecular weight excluding hydrogens is 692 g/mol. The summed E-state index contributed by atoms with van der Waals surface area (Å²) in [5.41, 5.74) is 1.90. The van der Waals surface area contributed by atoms with Gasteiger partial charge < -0.3 is 34.1 Å². The van der Waals surface area contributed by atoms with E-state index >= 15 is 0 Å². The maximum absolute atomic E-state index is 14.9. The number of aliphatic hydroxyl groups excluding tert-OH is 1. The van der Waals surface area contributed by atoms with Gasteiger partial charge in [-0.3, -0.25) is 4.68 Å². The van der Waals surface area contributed by atoms with Crippen LogP contribution in [0.5, 0.6) is 0 Å². The lowest BCUT2D eigenvalue weighted by Gasteiger charge is -2.35. The fourth-order valence-electron chi connectivity index (χ4n) is 6.51. The number of halogens is 1. The number of aromatic nitrogens is 2. The molecule has 1 aromatic heterocycles. The molecular formula is C37H53FN6O7S. The van der Waals surface area contributed by atoms with Crippen LogP contribution in [0.25, 0.3) is 6.08 Å². The number of carbonyl (C=O) groups is 3. The Kier molecular flexibility index (Phi) is 14.7. The number of hydrogen-bond donors (Lipinski definition) is 1. The van der Waals surface area contributed by atoms with Crippen LogP contribution in [0.4, 0.5) is 14.9 Å². The van der Waals surface area contributed by atoms with Crippen LogP contribution in [-0.2, 0) is 31.4 Å². The Morgan fingerprint density at radius 2 is 1.69 bits per heavy atom. The van der Waals surface area contributed by atoms with Crippen molar-refractivity contribution < 1.29 is 37.0 Å². The van der Waals surface area contributed by atoms with Crippen LogP contribution in [0.15, 0.2) is 53.2 Å². The Labute approximate surface area is 306 Å². The number of aliphatic hydroxyl groups is 1. The predicted molar refractivity (Wildman–Crippen MR) is 197 cm³/mol. The first-order valence-corrected chi connectivity index (χ1v) is 19.3. The Morgan fingerprint density at radius 3 is 2.31 bits per heavy atom. The number of allylic oxidation sites excluding steroid dienone is 2. The SMILES string of the molecule is C/C(=C\c1cc(F)cc(N2CCN(S(=O)(=O)c3cnn(C)c3)CC2)c1)[C@@H](C=O)[C@@H](C)/C=C/[C@H](OC(=O)N1CCN(C)CC1)[C@@H](C)CC[C@@H](O)CC=O. The van der Waals surface area contributed by atoms with E-state index in [9.17, 15) is 32.3 Å². The van der Waals surface area contributed by atoms with Crippen LogP contribution in [0.1, 0.15) is 45.6 Å². The van der Waals surface area contributed by atoms with Crippen molar-refractivity contribution in [2.75, 3.05) is 64.3 Å². The van der Waals surface area contributed by atoms with Crippen LogP contribution in [-0.4, -0.2) is 128 Å². The molecule has 2 saturated heterocycles. The van der Waals surface area contributed by atoms with Gasteiger partial charge in [0.1, 0.15) is 29.4 Å². The molecule has 1 N–H and O–H groups in total. The van der Waals surface area contributed by atoms with Crippen molar-refractivity contribution in [3.63, 3.8) is 0 Å². The smallest absolute Gasteiger partial charge is 0.410 e. The summed E-state index contributed by atoms with van der Waals surface area (Å²) in [6.45, 7) is 9.44. The topological polar surface area (TPSA) is 146 Å². The second-order valence-electron chi connectivity index (χ2n) is 14.0. The molecule has 0 bridgehead atoms. The van der Waals surface area contributed by atoms with Crippen LogP contribution in [0.3, 0.4) is 0 Å². The van der Waals surface area contributed by atoms with Crippen molar-refractivity contribution in [1.29, 1.82) is 0 Å².